The van der Waals surface area contributed by atoms with Crippen LogP contribution in [0.25, 0.3) is 0 Å². The highest BCUT2D eigenvalue weighted by Crippen LogP contribution is 2.36. The zero-order chi connectivity index (χ0) is 18.9. The van der Waals surface area contributed by atoms with Crippen LogP contribution in [-0.4, -0.2) is 57.3 Å². The molecule has 2 aliphatic heterocycles. The maximum atomic E-state index is 12.9. The second-order valence-electron chi connectivity index (χ2n) is 7.29. The topological polar surface area (TPSA) is 90.6 Å². The van der Waals surface area contributed by atoms with Crippen molar-refractivity contribution in [2.45, 2.75) is 51.2 Å². The number of hydrogen-bond donors (Lipinski definition) is 0. The third-order valence-corrected chi connectivity index (χ3v) is 5.14. The number of carbonyl (C=O) groups is 1. The molecule has 2 aromatic heterocycles. The molecular weight excluding hydrogens is 348 g/mol. The average molecular weight is 372 g/mol. The lowest BCUT2D eigenvalue weighted by Crippen LogP contribution is -2.67. The van der Waals surface area contributed by atoms with E-state index in [4.69, 9.17) is 14.0 Å². The Bertz CT molecular complexity index is 801. The Morgan fingerprint density at radius 2 is 2.26 bits per heavy atom. The van der Waals surface area contributed by atoms with Crippen LogP contribution in [0.15, 0.2) is 23.1 Å². The van der Waals surface area contributed by atoms with E-state index >= 15 is 0 Å². The highest BCUT2D eigenvalue weighted by molar-refractivity contribution is 5.96. The first kappa shape index (κ1) is 17.9. The molecule has 0 N–H and O–H groups in total. The summed E-state index contributed by atoms with van der Waals surface area (Å²) in [6.45, 7) is 5.59. The maximum absolute atomic E-state index is 12.9. The van der Waals surface area contributed by atoms with Crippen LogP contribution in [0.3, 0.4) is 0 Å². The smallest absolute Gasteiger partial charge is 0.259 e. The van der Waals surface area contributed by atoms with Crippen molar-refractivity contribution in [2.24, 2.45) is 0 Å². The van der Waals surface area contributed by atoms with Crippen LogP contribution in [0, 0.1) is 6.92 Å². The molecule has 0 saturated carbocycles. The van der Waals surface area contributed by atoms with Crippen LogP contribution in [0.5, 0.6) is 5.88 Å². The van der Waals surface area contributed by atoms with Crippen molar-refractivity contribution in [1.82, 2.24) is 20.0 Å². The Balaban J connectivity index is 1.39. The minimum Gasteiger partial charge on any atom is -0.473 e. The molecule has 0 aliphatic carbocycles. The van der Waals surface area contributed by atoms with Gasteiger partial charge < -0.3 is 18.9 Å². The number of likely N-dealkylation sites (tertiary alicyclic amines) is 1. The van der Waals surface area contributed by atoms with E-state index < -0.39 is 0 Å². The number of amides is 1. The average Bonchev–Trinajstić information content (AvgIpc) is 3.01. The fourth-order valence-corrected chi connectivity index (χ4v) is 3.86. The summed E-state index contributed by atoms with van der Waals surface area (Å²) in [5.41, 5.74) is 0.921. The van der Waals surface area contributed by atoms with E-state index in [1.807, 2.05) is 11.8 Å². The molecule has 0 radical (unpaired) electrons. The van der Waals surface area contributed by atoms with Gasteiger partial charge in [0, 0.05) is 31.7 Å². The van der Waals surface area contributed by atoms with E-state index in [9.17, 15) is 4.79 Å². The van der Waals surface area contributed by atoms with Gasteiger partial charge in [-0.3, -0.25) is 9.78 Å². The Labute approximate surface area is 157 Å². The molecule has 1 amide bonds. The highest BCUT2D eigenvalue weighted by Gasteiger charge is 2.50. The molecule has 2 saturated heterocycles. The number of nitrogens with zero attached hydrogens (tertiary/aromatic N) is 4. The molecule has 2 aromatic rings. The molecule has 4 heterocycles. The zero-order valence-electron chi connectivity index (χ0n) is 15.7. The summed E-state index contributed by atoms with van der Waals surface area (Å²) in [5, 5.41) is 3.97. The zero-order valence-corrected chi connectivity index (χ0v) is 15.7. The molecule has 8 heteroatoms. The minimum absolute atomic E-state index is 0.0145. The summed E-state index contributed by atoms with van der Waals surface area (Å²) < 4.78 is 17.3. The second kappa shape index (κ2) is 7.26. The number of aryl methyl sites for hydroxylation is 2. The molecule has 0 unspecified atom stereocenters. The Morgan fingerprint density at radius 3 is 3.00 bits per heavy atom. The van der Waals surface area contributed by atoms with Crippen LogP contribution in [-0.2, 0) is 11.2 Å². The molecule has 0 bridgehead atoms. The molecule has 0 aromatic carbocycles. The number of ether oxygens (including phenoxy) is 2. The van der Waals surface area contributed by atoms with Crippen molar-refractivity contribution in [3.05, 3.63) is 35.6 Å². The molecule has 144 valence electrons. The Morgan fingerprint density at radius 1 is 1.41 bits per heavy atom. The van der Waals surface area contributed by atoms with E-state index in [-0.39, 0.29) is 17.6 Å². The van der Waals surface area contributed by atoms with Gasteiger partial charge in [0.25, 0.3) is 5.91 Å². The van der Waals surface area contributed by atoms with Crippen LogP contribution >= 0.6 is 0 Å². The van der Waals surface area contributed by atoms with E-state index in [1.165, 1.54) is 0 Å². The normalized spacial score (nSPS) is 21.1. The summed E-state index contributed by atoms with van der Waals surface area (Å²) in [6.07, 6.45) is 8.02. The number of hydrogen-bond acceptors (Lipinski definition) is 7. The number of carbonyl (C=O) groups excluding carboxylic acids is 1. The quantitative estimate of drug-likeness (QED) is 0.794. The Kier molecular flexibility index (Phi) is 4.82. The largest absolute Gasteiger partial charge is 0.473 e. The van der Waals surface area contributed by atoms with Crippen LogP contribution in [0.4, 0.5) is 0 Å². The van der Waals surface area contributed by atoms with Crippen molar-refractivity contribution >= 4 is 5.91 Å². The van der Waals surface area contributed by atoms with E-state index in [0.29, 0.717) is 49.0 Å². The van der Waals surface area contributed by atoms with Crippen LogP contribution < -0.4 is 4.74 Å². The Hall–Kier alpha value is -2.48. The van der Waals surface area contributed by atoms with Gasteiger partial charge in [0.15, 0.2) is 0 Å². The van der Waals surface area contributed by atoms with Gasteiger partial charge in [-0.2, -0.15) is 0 Å². The summed E-state index contributed by atoms with van der Waals surface area (Å²) in [6, 6.07) is 0. The third-order valence-electron chi connectivity index (χ3n) is 5.14. The molecule has 27 heavy (non-hydrogen) atoms. The fraction of sp³-hybridized carbons (Fsp3) is 0.579. The van der Waals surface area contributed by atoms with E-state index in [1.54, 1.807) is 18.6 Å². The second-order valence-corrected chi connectivity index (χ2v) is 7.29. The molecule has 4 rings (SSSR count). The number of aromatic nitrogens is 3. The summed E-state index contributed by atoms with van der Waals surface area (Å²) in [7, 11) is 0. The fourth-order valence-electron chi connectivity index (χ4n) is 3.86. The maximum Gasteiger partial charge on any atom is 0.259 e. The third kappa shape index (κ3) is 3.53. The van der Waals surface area contributed by atoms with Crippen molar-refractivity contribution in [3.63, 3.8) is 0 Å². The monoisotopic (exact) mass is 372 g/mol. The molecule has 2 aliphatic rings. The number of rotatable bonds is 5. The lowest BCUT2D eigenvalue weighted by molar-refractivity contribution is -0.174. The summed E-state index contributed by atoms with van der Waals surface area (Å²) >= 11 is 0. The van der Waals surface area contributed by atoms with Crippen LogP contribution in [0.2, 0.25) is 0 Å². The van der Waals surface area contributed by atoms with Gasteiger partial charge in [-0.25, -0.2) is 4.98 Å². The lowest BCUT2D eigenvalue weighted by Gasteiger charge is -2.52. The van der Waals surface area contributed by atoms with Gasteiger partial charge in [-0.05, 0) is 13.3 Å². The predicted octanol–water partition coefficient (Wildman–Crippen LogP) is 2.18. The SMILES string of the molecule is CCCc1onc(C)c1C(=O)N1CC2(C[C@@H](Oc3cnccn3)CCO2)C1. The van der Waals surface area contributed by atoms with E-state index in [2.05, 4.69) is 22.0 Å². The first-order valence-electron chi connectivity index (χ1n) is 9.41. The van der Waals surface area contributed by atoms with Gasteiger partial charge in [0.2, 0.25) is 5.88 Å². The highest BCUT2D eigenvalue weighted by atomic mass is 16.5. The van der Waals surface area contributed by atoms with Gasteiger partial charge >= 0.3 is 0 Å². The van der Waals surface area contributed by atoms with Gasteiger partial charge in [0.05, 0.1) is 31.6 Å². The van der Waals surface area contributed by atoms with Gasteiger partial charge in [-0.15, -0.1) is 0 Å². The molecule has 8 nitrogen and oxygen atoms in total. The molecule has 1 atom stereocenters. The minimum atomic E-state index is -0.337. The van der Waals surface area contributed by atoms with Crippen molar-refractivity contribution in [1.29, 1.82) is 0 Å². The standard InChI is InChI=1S/C19H24N4O4/c1-3-4-15-17(13(2)22-27-15)18(24)23-11-19(12-23)9-14(5-8-25-19)26-16-10-20-6-7-21-16/h6-7,10,14H,3-5,8-9,11-12H2,1-2H3/t14-/m0/s1. The van der Waals surface area contributed by atoms with Gasteiger partial charge in [0.1, 0.15) is 23.0 Å². The molecule has 2 fully saturated rings. The summed E-state index contributed by atoms with van der Waals surface area (Å²) in [4.78, 5) is 22.9. The predicted molar refractivity (Wildman–Crippen MR) is 95.5 cm³/mol. The van der Waals surface area contributed by atoms with Crippen LogP contribution in [0.1, 0.15) is 48.0 Å². The summed E-state index contributed by atoms with van der Waals surface area (Å²) in [5.74, 6) is 1.17. The van der Waals surface area contributed by atoms with Crippen molar-refractivity contribution in [3.8, 4) is 5.88 Å². The molecule has 1 spiro atoms. The van der Waals surface area contributed by atoms with Gasteiger partial charge in [-0.1, -0.05) is 12.1 Å². The molecular formula is C19H24N4O4. The first-order valence-corrected chi connectivity index (χ1v) is 9.41. The van der Waals surface area contributed by atoms with Crippen molar-refractivity contribution < 1.29 is 18.8 Å². The lowest BCUT2D eigenvalue weighted by atomic mass is 9.84. The van der Waals surface area contributed by atoms with Crippen molar-refractivity contribution in [2.75, 3.05) is 19.7 Å². The first-order chi connectivity index (χ1) is 13.1. The van der Waals surface area contributed by atoms with E-state index in [0.717, 1.165) is 19.3 Å².